The SMILES string of the molecule is COc1ccc(C(=O)N2CCC(NC(=O)C(N)c3ccccc3)CC2)cc1OC.Cl. The Morgan fingerprint density at radius 3 is 2.27 bits per heavy atom. The quantitative estimate of drug-likeness (QED) is 0.730. The molecular formula is C22H28ClN3O4. The zero-order valence-electron chi connectivity index (χ0n) is 17.2. The lowest BCUT2D eigenvalue weighted by Crippen LogP contribution is -2.48. The molecule has 8 heteroatoms. The smallest absolute Gasteiger partial charge is 0.253 e. The fourth-order valence-corrected chi connectivity index (χ4v) is 3.48. The third-order valence-electron chi connectivity index (χ3n) is 5.20. The van der Waals surface area contributed by atoms with Gasteiger partial charge in [0, 0.05) is 24.7 Å². The molecule has 1 saturated heterocycles. The largest absolute Gasteiger partial charge is 0.493 e. The molecule has 0 spiro atoms. The van der Waals surface area contributed by atoms with Crippen LogP contribution in [0.15, 0.2) is 48.5 Å². The summed E-state index contributed by atoms with van der Waals surface area (Å²) < 4.78 is 10.5. The molecule has 1 aliphatic rings. The van der Waals surface area contributed by atoms with Gasteiger partial charge in [-0.3, -0.25) is 9.59 Å². The highest BCUT2D eigenvalue weighted by molar-refractivity contribution is 5.95. The van der Waals surface area contributed by atoms with Crippen LogP contribution in [0.4, 0.5) is 0 Å². The average Bonchev–Trinajstić information content (AvgIpc) is 2.78. The van der Waals surface area contributed by atoms with E-state index in [4.69, 9.17) is 15.2 Å². The number of rotatable bonds is 6. The van der Waals surface area contributed by atoms with Crippen molar-refractivity contribution < 1.29 is 19.1 Å². The van der Waals surface area contributed by atoms with E-state index in [-0.39, 0.29) is 30.3 Å². The van der Waals surface area contributed by atoms with Gasteiger partial charge in [-0.15, -0.1) is 12.4 Å². The molecule has 3 N–H and O–H groups in total. The minimum absolute atomic E-state index is 0. The van der Waals surface area contributed by atoms with Crippen LogP contribution in [0.1, 0.15) is 34.8 Å². The van der Waals surface area contributed by atoms with E-state index in [1.165, 1.54) is 0 Å². The Bertz CT molecular complexity index is 855. The molecule has 2 aromatic rings. The van der Waals surface area contributed by atoms with E-state index in [0.29, 0.717) is 43.0 Å². The van der Waals surface area contributed by atoms with Crippen molar-refractivity contribution in [3.05, 3.63) is 59.7 Å². The van der Waals surface area contributed by atoms with Gasteiger partial charge in [-0.25, -0.2) is 0 Å². The summed E-state index contributed by atoms with van der Waals surface area (Å²) in [6, 6.07) is 13.8. The molecule has 1 heterocycles. The Morgan fingerprint density at radius 1 is 1.03 bits per heavy atom. The van der Waals surface area contributed by atoms with Crippen LogP contribution in [-0.2, 0) is 4.79 Å². The minimum Gasteiger partial charge on any atom is -0.493 e. The number of halogens is 1. The summed E-state index contributed by atoms with van der Waals surface area (Å²) in [4.78, 5) is 27.0. The fraction of sp³-hybridized carbons (Fsp3) is 0.364. The lowest BCUT2D eigenvalue weighted by molar-refractivity contribution is -0.123. The van der Waals surface area contributed by atoms with Gasteiger partial charge in [-0.2, -0.15) is 0 Å². The standard InChI is InChI=1S/C22H27N3O4.ClH/c1-28-18-9-8-16(14-19(18)29-2)22(27)25-12-10-17(11-13-25)24-21(26)20(23)15-6-4-3-5-7-15;/h3-9,14,17,20H,10-13,23H2,1-2H3,(H,24,26);1H. The zero-order valence-corrected chi connectivity index (χ0v) is 18.0. The topological polar surface area (TPSA) is 93.9 Å². The summed E-state index contributed by atoms with van der Waals surface area (Å²) in [5, 5.41) is 3.01. The predicted molar refractivity (Wildman–Crippen MR) is 117 cm³/mol. The number of nitrogens with zero attached hydrogens (tertiary/aromatic N) is 1. The fourth-order valence-electron chi connectivity index (χ4n) is 3.48. The number of hydrogen-bond acceptors (Lipinski definition) is 5. The highest BCUT2D eigenvalue weighted by atomic mass is 35.5. The number of amides is 2. The number of ether oxygens (including phenoxy) is 2. The molecule has 30 heavy (non-hydrogen) atoms. The van der Waals surface area contributed by atoms with Crippen LogP contribution in [0.3, 0.4) is 0 Å². The molecule has 162 valence electrons. The molecule has 7 nitrogen and oxygen atoms in total. The third-order valence-corrected chi connectivity index (χ3v) is 5.20. The first-order valence-electron chi connectivity index (χ1n) is 9.65. The first-order valence-corrected chi connectivity index (χ1v) is 9.65. The van der Waals surface area contributed by atoms with E-state index in [2.05, 4.69) is 5.32 Å². The first-order chi connectivity index (χ1) is 14.0. The number of hydrogen-bond donors (Lipinski definition) is 2. The molecule has 1 fully saturated rings. The Balaban J connectivity index is 0.00000320. The molecule has 2 amide bonds. The van der Waals surface area contributed by atoms with Crippen molar-refractivity contribution >= 4 is 24.2 Å². The second-order valence-electron chi connectivity index (χ2n) is 7.03. The number of nitrogens with two attached hydrogens (primary N) is 1. The maximum absolute atomic E-state index is 12.8. The van der Waals surface area contributed by atoms with Crippen molar-refractivity contribution in [2.45, 2.75) is 24.9 Å². The second kappa shape index (κ2) is 10.8. The highest BCUT2D eigenvalue weighted by Crippen LogP contribution is 2.28. The zero-order chi connectivity index (χ0) is 20.8. The minimum atomic E-state index is -0.692. The number of nitrogens with one attached hydrogen (secondary N) is 1. The maximum Gasteiger partial charge on any atom is 0.253 e. The Kier molecular flexibility index (Phi) is 8.50. The molecule has 0 saturated carbocycles. The molecule has 3 rings (SSSR count). The van der Waals surface area contributed by atoms with Gasteiger partial charge in [0.2, 0.25) is 5.91 Å². The van der Waals surface area contributed by atoms with Crippen LogP contribution in [0, 0.1) is 0 Å². The van der Waals surface area contributed by atoms with Gasteiger partial charge in [0.1, 0.15) is 6.04 Å². The Labute approximate surface area is 182 Å². The number of methoxy groups -OCH3 is 2. The van der Waals surface area contributed by atoms with Crippen LogP contribution >= 0.6 is 12.4 Å². The van der Waals surface area contributed by atoms with Crippen LogP contribution in [-0.4, -0.2) is 50.1 Å². The normalized spacial score (nSPS) is 15.0. The van der Waals surface area contributed by atoms with Crippen LogP contribution in [0.5, 0.6) is 11.5 Å². The summed E-state index contributed by atoms with van der Waals surface area (Å²) in [6.07, 6.45) is 1.37. The molecule has 1 atom stereocenters. The van der Waals surface area contributed by atoms with Crippen molar-refractivity contribution in [2.24, 2.45) is 5.73 Å². The van der Waals surface area contributed by atoms with Gasteiger partial charge < -0.3 is 25.4 Å². The highest BCUT2D eigenvalue weighted by Gasteiger charge is 2.26. The van der Waals surface area contributed by atoms with Crippen LogP contribution in [0.2, 0.25) is 0 Å². The lowest BCUT2D eigenvalue weighted by Gasteiger charge is -2.33. The number of carbonyl (C=O) groups excluding carboxylic acids is 2. The average molecular weight is 434 g/mol. The molecule has 0 aliphatic carbocycles. The van der Waals surface area contributed by atoms with Crippen LogP contribution < -0.4 is 20.5 Å². The molecule has 1 unspecified atom stereocenters. The third kappa shape index (κ3) is 5.43. The predicted octanol–water partition coefficient (Wildman–Crippen LogP) is 2.55. The van der Waals surface area contributed by atoms with Gasteiger partial charge in [-0.05, 0) is 36.6 Å². The number of likely N-dealkylation sites (tertiary alicyclic amines) is 1. The van der Waals surface area contributed by atoms with Crippen molar-refractivity contribution in [3.8, 4) is 11.5 Å². The van der Waals surface area contributed by atoms with Crippen molar-refractivity contribution in [1.29, 1.82) is 0 Å². The number of piperidine rings is 1. The van der Waals surface area contributed by atoms with E-state index < -0.39 is 6.04 Å². The Hall–Kier alpha value is -2.77. The summed E-state index contributed by atoms with van der Waals surface area (Å²) in [7, 11) is 3.10. The maximum atomic E-state index is 12.8. The van der Waals surface area contributed by atoms with Gasteiger partial charge in [0.15, 0.2) is 11.5 Å². The summed E-state index contributed by atoms with van der Waals surface area (Å²) >= 11 is 0. The lowest BCUT2D eigenvalue weighted by atomic mass is 10.0. The summed E-state index contributed by atoms with van der Waals surface area (Å²) in [5.41, 5.74) is 7.40. The van der Waals surface area contributed by atoms with E-state index in [0.717, 1.165) is 5.56 Å². The molecule has 2 aromatic carbocycles. The summed E-state index contributed by atoms with van der Waals surface area (Å²) in [6.45, 7) is 1.14. The molecular weight excluding hydrogens is 406 g/mol. The van der Waals surface area contributed by atoms with Gasteiger partial charge in [0.25, 0.3) is 5.91 Å². The van der Waals surface area contributed by atoms with E-state index in [1.807, 2.05) is 30.3 Å². The van der Waals surface area contributed by atoms with Crippen LogP contribution in [0.25, 0.3) is 0 Å². The molecule has 0 radical (unpaired) electrons. The van der Waals surface area contributed by atoms with Crippen molar-refractivity contribution in [1.82, 2.24) is 10.2 Å². The molecule has 1 aliphatic heterocycles. The number of benzene rings is 2. The van der Waals surface area contributed by atoms with Gasteiger partial charge in [0.05, 0.1) is 14.2 Å². The van der Waals surface area contributed by atoms with E-state index in [9.17, 15) is 9.59 Å². The Morgan fingerprint density at radius 2 is 1.67 bits per heavy atom. The van der Waals surface area contributed by atoms with E-state index >= 15 is 0 Å². The van der Waals surface area contributed by atoms with Gasteiger partial charge in [-0.1, -0.05) is 30.3 Å². The van der Waals surface area contributed by atoms with E-state index in [1.54, 1.807) is 37.3 Å². The monoisotopic (exact) mass is 433 g/mol. The number of carbonyl (C=O) groups is 2. The molecule has 0 aromatic heterocycles. The summed E-state index contributed by atoms with van der Waals surface area (Å²) in [5.74, 6) is 0.855. The molecule has 0 bridgehead atoms. The van der Waals surface area contributed by atoms with Gasteiger partial charge >= 0.3 is 0 Å². The van der Waals surface area contributed by atoms with Crippen molar-refractivity contribution in [3.63, 3.8) is 0 Å². The first kappa shape index (κ1) is 23.5. The van der Waals surface area contributed by atoms with Crippen molar-refractivity contribution in [2.75, 3.05) is 27.3 Å². The second-order valence-corrected chi connectivity index (χ2v) is 7.03.